The molecule has 0 rings (SSSR count). The molecule has 1 atom stereocenters. The third-order valence-electron chi connectivity index (χ3n) is 1.73. The van der Waals surface area contributed by atoms with Crippen molar-refractivity contribution < 1.29 is 0 Å². The van der Waals surface area contributed by atoms with Gasteiger partial charge in [0.25, 0.3) is 0 Å². The molecule has 0 radical (unpaired) electrons. The van der Waals surface area contributed by atoms with Crippen LogP contribution in [0.15, 0.2) is 0 Å². The monoisotopic (exact) mass is 185 g/mol. The van der Waals surface area contributed by atoms with Crippen molar-refractivity contribution in [1.29, 1.82) is 0 Å². The Morgan fingerprint density at radius 1 is 1.58 bits per heavy atom. The molecule has 0 aromatic heterocycles. The fraction of sp³-hybridized carbons (Fsp3) is 0.800. The summed E-state index contributed by atoms with van der Waals surface area (Å²) in [6.07, 6.45) is 10.6. The largest absolute Gasteiger partial charge is 0.313 e. The standard InChI is InChI=1S/C10H19NS/c1-4-6-7-8-10(9-12-3)11-5-2/h1,10-11H,5-9H2,2-3H3. The molecule has 0 bridgehead atoms. The van der Waals surface area contributed by atoms with Crippen molar-refractivity contribution in [3.8, 4) is 12.3 Å². The minimum Gasteiger partial charge on any atom is -0.313 e. The Bertz CT molecular complexity index is 122. The number of nitrogens with one attached hydrogen (secondary N) is 1. The van der Waals surface area contributed by atoms with Gasteiger partial charge in [0.2, 0.25) is 0 Å². The molecule has 2 heteroatoms. The van der Waals surface area contributed by atoms with Gasteiger partial charge in [-0.15, -0.1) is 12.3 Å². The van der Waals surface area contributed by atoms with Crippen LogP contribution < -0.4 is 5.32 Å². The summed E-state index contributed by atoms with van der Waals surface area (Å²) >= 11 is 1.89. The van der Waals surface area contributed by atoms with Crippen LogP contribution in [0.3, 0.4) is 0 Å². The number of thioether (sulfide) groups is 1. The van der Waals surface area contributed by atoms with Crippen LogP contribution in [0.2, 0.25) is 0 Å². The van der Waals surface area contributed by atoms with Crippen molar-refractivity contribution in [1.82, 2.24) is 5.32 Å². The molecule has 0 amide bonds. The van der Waals surface area contributed by atoms with Gasteiger partial charge in [0.15, 0.2) is 0 Å². The van der Waals surface area contributed by atoms with E-state index in [9.17, 15) is 0 Å². The predicted octanol–water partition coefficient (Wildman–Crippen LogP) is 2.13. The number of rotatable bonds is 7. The molecule has 0 saturated carbocycles. The van der Waals surface area contributed by atoms with Crippen LogP contribution in [0.5, 0.6) is 0 Å². The van der Waals surface area contributed by atoms with E-state index in [1.54, 1.807) is 0 Å². The van der Waals surface area contributed by atoms with Gasteiger partial charge in [0.05, 0.1) is 0 Å². The van der Waals surface area contributed by atoms with Crippen LogP contribution in [0, 0.1) is 12.3 Å². The second kappa shape index (κ2) is 8.96. The molecule has 0 aromatic rings. The Hall–Kier alpha value is -0.130. The summed E-state index contributed by atoms with van der Waals surface area (Å²) in [4.78, 5) is 0. The van der Waals surface area contributed by atoms with Crippen LogP contribution in [-0.4, -0.2) is 24.6 Å². The Kier molecular flexibility index (Phi) is 8.86. The summed E-state index contributed by atoms with van der Waals surface area (Å²) in [6.45, 7) is 3.20. The van der Waals surface area contributed by atoms with Crippen LogP contribution >= 0.6 is 11.8 Å². The molecule has 1 unspecified atom stereocenters. The predicted molar refractivity (Wildman–Crippen MR) is 58.5 cm³/mol. The zero-order valence-electron chi connectivity index (χ0n) is 8.10. The van der Waals surface area contributed by atoms with Gasteiger partial charge in [-0.1, -0.05) is 6.92 Å². The van der Waals surface area contributed by atoms with Gasteiger partial charge in [0, 0.05) is 18.2 Å². The summed E-state index contributed by atoms with van der Waals surface area (Å²) < 4.78 is 0. The lowest BCUT2D eigenvalue weighted by molar-refractivity contribution is 0.523. The fourth-order valence-corrected chi connectivity index (χ4v) is 1.87. The third-order valence-corrected chi connectivity index (χ3v) is 2.47. The van der Waals surface area contributed by atoms with E-state index in [0.29, 0.717) is 6.04 Å². The zero-order valence-corrected chi connectivity index (χ0v) is 8.91. The molecule has 0 spiro atoms. The maximum Gasteiger partial charge on any atom is 0.0158 e. The lowest BCUT2D eigenvalue weighted by atomic mass is 10.1. The van der Waals surface area contributed by atoms with E-state index in [2.05, 4.69) is 24.4 Å². The normalized spacial score (nSPS) is 12.4. The Balaban J connectivity index is 3.42. The van der Waals surface area contributed by atoms with E-state index in [1.165, 1.54) is 12.2 Å². The van der Waals surface area contributed by atoms with Crippen LogP contribution in [0.4, 0.5) is 0 Å². The van der Waals surface area contributed by atoms with E-state index >= 15 is 0 Å². The van der Waals surface area contributed by atoms with Crippen molar-refractivity contribution >= 4 is 11.8 Å². The topological polar surface area (TPSA) is 12.0 Å². The average Bonchev–Trinajstić information content (AvgIpc) is 2.06. The molecule has 1 nitrogen and oxygen atoms in total. The molecule has 0 fully saturated rings. The second-order valence-corrected chi connectivity index (χ2v) is 3.72. The molecule has 0 aliphatic heterocycles. The molecule has 1 N–H and O–H groups in total. The molecule has 0 aliphatic rings. The minimum absolute atomic E-state index is 0.651. The molecular weight excluding hydrogens is 166 g/mol. The SMILES string of the molecule is C#CCCCC(CSC)NCC. The van der Waals surface area contributed by atoms with E-state index in [-0.39, 0.29) is 0 Å². The fourth-order valence-electron chi connectivity index (χ4n) is 1.18. The number of hydrogen-bond acceptors (Lipinski definition) is 2. The van der Waals surface area contributed by atoms with E-state index < -0.39 is 0 Å². The first-order chi connectivity index (χ1) is 5.85. The summed E-state index contributed by atoms with van der Waals surface area (Å²) in [6, 6.07) is 0.651. The van der Waals surface area contributed by atoms with E-state index in [1.807, 2.05) is 11.8 Å². The summed E-state index contributed by atoms with van der Waals surface area (Å²) in [5, 5.41) is 3.45. The summed E-state index contributed by atoms with van der Waals surface area (Å²) in [5.74, 6) is 3.87. The molecule has 0 heterocycles. The van der Waals surface area contributed by atoms with E-state index in [0.717, 1.165) is 19.4 Å². The van der Waals surface area contributed by atoms with Gasteiger partial charge < -0.3 is 5.32 Å². The number of terminal acetylenes is 1. The van der Waals surface area contributed by atoms with Crippen LogP contribution in [-0.2, 0) is 0 Å². The van der Waals surface area contributed by atoms with Gasteiger partial charge in [-0.05, 0) is 25.6 Å². The lowest BCUT2D eigenvalue weighted by Gasteiger charge is -2.15. The van der Waals surface area contributed by atoms with Crippen LogP contribution in [0.25, 0.3) is 0 Å². The van der Waals surface area contributed by atoms with Crippen molar-refractivity contribution in [2.45, 2.75) is 32.2 Å². The van der Waals surface area contributed by atoms with Crippen LogP contribution in [0.1, 0.15) is 26.2 Å². The molecule has 12 heavy (non-hydrogen) atoms. The highest BCUT2D eigenvalue weighted by Crippen LogP contribution is 2.05. The van der Waals surface area contributed by atoms with Crippen molar-refractivity contribution in [2.75, 3.05) is 18.6 Å². The zero-order chi connectivity index (χ0) is 9.23. The van der Waals surface area contributed by atoms with Gasteiger partial charge in [-0.2, -0.15) is 11.8 Å². The molecular formula is C10H19NS. The first kappa shape index (κ1) is 11.9. The van der Waals surface area contributed by atoms with Crippen molar-refractivity contribution in [2.24, 2.45) is 0 Å². The first-order valence-electron chi connectivity index (χ1n) is 4.50. The Morgan fingerprint density at radius 3 is 2.83 bits per heavy atom. The Labute approximate surface area is 80.7 Å². The highest BCUT2D eigenvalue weighted by atomic mass is 32.2. The quantitative estimate of drug-likeness (QED) is 0.482. The van der Waals surface area contributed by atoms with Gasteiger partial charge in [-0.25, -0.2) is 0 Å². The summed E-state index contributed by atoms with van der Waals surface area (Å²) in [5.41, 5.74) is 0. The smallest absolute Gasteiger partial charge is 0.0158 e. The number of unbranched alkanes of at least 4 members (excludes halogenated alkanes) is 1. The molecule has 70 valence electrons. The average molecular weight is 185 g/mol. The van der Waals surface area contributed by atoms with E-state index in [4.69, 9.17) is 6.42 Å². The van der Waals surface area contributed by atoms with Gasteiger partial charge in [0.1, 0.15) is 0 Å². The van der Waals surface area contributed by atoms with Gasteiger partial charge in [-0.3, -0.25) is 0 Å². The number of hydrogen-bond donors (Lipinski definition) is 1. The van der Waals surface area contributed by atoms with Crippen molar-refractivity contribution in [3.63, 3.8) is 0 Å². The molecule has 0 saturated heterocycles. The highest BCUT2D eigenvalue weighted by molar-refractivity contribution is 7.98. The minimum atomic E-state index is 0.651. The maximum absolute atomic E-state index is 5.19. The second-order valence-electron chi connectivity index (χ2n) is 2.81. The summed E-state index contributed by atoms with van der Waals surface area (Å²) in [7, 11) is 0. The van der Waals surface area contributed by atoms with Gasteiger partial charge >= 0.3 is 0 Å². The first-order valence-corrected chi connectivity index (χ1v) is 5.90. The molecule has 0 aliphatic carbocycles. The highest BCUT2D eigenvalue weighted by Gasteiger charge is 2.04. The maximum atomic E-state index is 5.19. The molecule has 0 aromatic carbocycles. The Morgan fingerprint density at radius 2 is 2.33 bits per heavy atom. The lowest BCUT2D eigenvalue weighted by Crippen LogP contribution is -2.30. The van der Waals surface area contributed by atoms with Crippen molar-refractivity contribution in [3.05, 3.63) is 0 Å². The third kappa shape index (κ3) is 6.57.